The number of rotatable bonds is 5. The lowest BCUT2D eigenvalue weighted by Crippen LogP contribution is -1.93. The van der Waals surface area contributed by atoms with E-state index in [1.54, 1.807) is 18.5 Å². The Morgan fingerprint density at radius 3 is 2.78 bits per heavy atom. The second-order valence-electron chi connectivity index (χ2n) is 7.33. The van der Waals surface area contributed by atoms with E-state index >= 15 is 0 Å². The van der Waals surface area contributed by atoms with Gasteiger partial charge in [0.2, 0.25) is 0 Å². The van der Waals surface area contributed by atoms with Crippen molar-refractivity contribution in [2.75, 3.05) is 0 Å². The van der Waals surface area contributed by atoms with Crippen LogP contribution in [0.3, 0.4) is 0 Å². The van der Waals surface area contributed by atoms with Crippen LogP contribution in [0.1, 0.15) is 12.5 Å². The van der Waals surface area contributed by atoms with E-state index in [-0.39, 0.29) is 0 Å². The van der Waals surface area contributed by atoms with Gasteiger partial charge in [0.1, 0.15) is 0 Å². The zero-order valence-corrected chi connectivity index (χ0v) is 17.5. The van der Waals surface area contributed by atoms with Gasteiger partial charge in [-0.3, -0.25) is 15.1 Å². The average molecular weight is 419 g/mol. The largest absolute Gasteiger partial charge is 0.399 e. The summed E-state index contributed by atoms with van der Waals surface area (Å²) >= 11 is 0. The van der Waals surface area contributed by atoms with Crippen molar-refractivity contribution in [2.24, 2.45) is 5.73 Å². The number of H-pyrrole nitrogens is 2. The summed E-state index contributed by atoms with van der Waals surface area (Å²) in [5, 5.41) is 9.47. The molecule has 0 radical (unpaired) electrons. The summed E-state index contributed by atoms with van der Waals surface area (Å²) in [4.78, 5) is 16.9. The number of aromatic amines is 2. The fourth-order valence-corrected chi connectivity index (χ4v) is 3.75. The molecule has 0 saturated heterocycles. The number of fused-ring (bicyclic) bond motifs is 2. The molecule has 7 heteroatoms. The smallest absolute Gasteiger partial charge is 0.181 e. The molecule has 0 spiro atoms. The molecule has 0 aliphatic heterocycles. The standard InChI is InChI=1S/C25H21N7/c1-3-15(9-17(26)4-2)16-10-19-24(31-32-25(19)29-12-16)22-11-18-20(13-27-14-23(18)30-22)21-7-5-6-8-28-21/h3-14,30H,2,26H2,1H3,(H,29,31,32)/b15-3+,17-9+. The first-order valence-electron chi connectivity index (χ1n) is 10.2. The van der Waals surface area contributed by atoms with Crippen molar-refractivity contribution >= 4 is 27.5 Å². The molecule has 0 aliphatic rings. The van der Waals surface area contributed by atoms with Gasteiger partial charge < -0.3 is 10.7 Å². The fraction of sp³-hybridized carbons (Fsp3) is 0.0400. The normalized spacial score (nSPS) is 12.5. The fourth-order valence-electron chi connectivity index (χ4n) is 3.75. The van der Waals surface area contributed by atoms with Crippen molar-refractivity contribution in [3.63, 3.8) is 0 Å². The minimum Gasteiger partial charge on any atom is -0.399 e. The van der Waals surface area contributed by atoms with E-state index in [1.807, 2.05) is 49.7 Å². The molecule has 5 aromatic heterocycles. The minimum atomic E-state index is 0.593. The van der Waals surface area contributed by atoms with Crippen molar-refractivity contribution in [2.45, 2.75) is 6.92 Å². The molecule has 5 heterocycles. The highest BCUT2D eigenvalue weighted by Gasteiger charge is 2.15. The Morgan fingerprint density at radius 2 is 2.00 bits per heavy atom. The molecule has 7 nitrogen and oxygen atoms in total. The number of allylic oxidation sites excluding steroid dienone is 4. The molecule has 5 rings (SSSR count). The molecule has 0 amide bonds. The van der Waals surface area contributed by atoms with Crippen molar-refractivity contribution < 1.29 is 0 Å². The molecule has 0 unspecified atom stereocenters. The van der Waals surface area contributed by atoms with E-state index in [0.717, 1.165) is 50.1 Å². The molecule has 156 valence electrons. The Labute approximate surface area is 184 Å². The Balaban J connectivity index is 1.65. The van der Waals surface area contributed by atoms with E-state index in [0.29, 0.717) is 11.3 Å². The highest BCUT2D eigenvalue weighted by Crippen LogP contribution is 2.33. The van der Waals surface area contributed by atoms with Crippen LogP contribution in [0.2, 0.25) is 0 Å². The molecule has 5 aromatic rings. The molecule has 0 aliphatic carbocycles. The van der Waals surface area contributed by atoms with Crippen LogP contribution in [-0.4, -0.2) is 30.1 Å². The maximum absolute atomic E-state index is 5.95. The summed E-state index contributed by atoms with van der Waals surface area (Å²) in [6, 6.07) is 10.0. The Bertz CT molecular complexity index is 1500. The molecule has 32 heavy (non-hydrogen) atoms. The zero-order chi connectivity index (χ0) is 22.1. The van der Waals surface area contributed by atoms with Gasteiger partial charge in [0.15, 0.2) is 5.65 Å². The summed E-state index contributed by atoms with van der Waals surface area (Å²) in [5.74, 6) is 0. The predicted octanol–water partition coefficient (Wildman–Crippen LogP) is 5.00. The number of nitrogens with two attached hydrogens (primary N) is 1. The first-order valence-corrected chi connectivity index (χ1v) is 10.2. The second-order valence-corrected chi connectivity index (χ2v) is 7.33. The third-order valence-corrected chi connectivity index (χ3v) is 5.37. The van der Waals surface area contributed by atoms with Crippen LogP contribution in [-0.2, 0) is 0 Å². The highest BCUT2D eigenvalue weighted by atomic mass is 15.2. The van der Waals surface area contributed by atoms with Crippen molar-refractivity contribution in [3.05, 3.63) is 91.2 Å². The van der Waals surface area contributed by atoms with Gasteiger partial charge in [0.05, 0.1) is 28.8 Å². The second kappa shape index (κ2) is 7.96. The first-order chi connectivity index (χ1) is 15.7. The molecule has 0 aromatic carbocycles. The number of hydrogen-bond acceptors (Lipinski definition) is 5. The van der Waals surface area contributed by atoms with Gasteiger partial charge in [-0.1, -0.05) is 18.7 Å². The number of nitrogens with one attached hydrogen (secondary N) is 2. The molecule has 0 bridgehead atoms. The summed E-state index contributed by atoms with van der Waals surface area (Å²) in [5.41, 5.74) is 13.6. The van der Waals surface area contributed by atoms with E-state index < -0.39 is 0 Å². The molecule has 0 fully saturated rings. The van der Waals surface area contributed by atoms with Crippen LogP contribution in [0.5, 0.6) is 0 Å². The van der Waals surface area contributed by atoms with Crippen LogP contribution >= 0.6 is 0 Å². The van der Waals surface area contributed by atoms with Gasteiger partial charge in [-0.25, -0.2) is 4.98 Å². The quantitative estimate of drug-likeness (QED) is 0.348. The number of nitrogens with zero attached hydrogens (tertiary/aromatic N) is 4. The molecular weight excluding hydrogens is 398 g/mol. The highest BCUT2D eigenvalue weighted by molar-refractivity contribution is 6.00. The topological polar surface area (TPSA) is 109 Å². The molecule has 0 saturated carbocycles. The van der Waals surface area contributed by atoms with E-state index in [4.69, 9.17) is 5.73 Å². The van der Waals surface area contributed by atoms with Crippen molar-refractivity contribution in [1.82, 2.24) is 30.1 Å². The van der Waals surface area contributed by atoms with Gasteiger partial charge >= 0.3 is 0 Å². The van der Waals surface area contributed by atoms with Crippen LogP contribution < -0.4 is 5.73 Å². The number of aromatic nitrogens is 6. The van der Waals surface area contributed by atoms with Crippen molar-refractivity contribution in [3.8, 4) is 22.6 Å². The number of pyridine rings is 3. The van der Waals surface area contributed by atoms with Crippen LogP contribution in [0.25, 0.3) is 50.2 Å². The monoisotopic (exact) mass is 419 g/mol. The van der Waals surface area contributed by atoms with E-state index in [9.17, 15) is 0 Å². The van der Waals surface area contributed by atoms with E-state index in [1.165, 1.54) is 0 Å². The molecular formula is C25H21N7. The maximum atomic E-state index is 5.95. The van der Waals surface area contributed by atoms with Gasteiger partial charge in [-0.05, 0) is 48.9 Å². The minimum absolute atomic E-state index is 0.593. The first kappa shape index (κ1) is 19.4. The Morgan fingerprint density at radius 1 is 1.09 bits per heavy atom. The summed E-state index contributed by atoms with van der Waals surface area (Å²) < 4.78 is 0. The van der Waals surface area contributed by atoms with Gasteiger partial charge in [0.25, 0.3) is 0 Å². The Hall–Kier alpha value is -4.52. The predicted molar refractivity (Wildman–Crippen MR) is 128 cm³/mol. The van der Waals surface area contributed by atoms with Gasteiger partial charge in [-0.15, -0.1) is 0 Å². The van der Waals surface area contributed by atoms with Crippen LogP contribution in [0.4, 0.5) is 0 Å². The third kappa shape index (κ3) is 3.35. The summed E-state index contributed by atoms with van der Waals surface area (Å²) in [6.07, 6.45) is 12.7. The average Bonchev–Trinajstić information content (AvgIpc) is 3.46. The van der Waals surface area contributed by atoms with Gasteiger partial charge in [0, 0.05) is 46.2 Å². The maximum Gasteiger partial charge on any atom is 0.181 e. The van der Waals surface area contributed by atoms with Crippen LogP contribution in [0.15, 0.2) is 85.6 Å². The SMILES string of the molecule is C=C/C(N)=C\C(=C/C)c1cnc2n[nH]c(-c3cc4c(-c5ccccn5)cncc4[nH]3)c2c1. The van der Waals surface area contributed by atoms with Crippen LogP contribution in [0, 0.1) is 0 Å². The zero-order valence-electron chi connectivity index (χ0n) is 17.5. The number of hydrogen-bond donors (Lipinski definition) is 3. The molecule has 4 N–H and O–H groups in total. The Kier molecular flexibility index (Phi) is 4.84. The molecule has 0 atom stereocenters. The lowest BCUT2D eigenvalue weighted by Gasteiger charge is -2.04. The van der Waals surface area contributed by atoms with Crippen molar-refractivity contribution in [1.29, 1.82) is 0 Å². The van der Waals surface area contributed by atoms with Gasteiger partial charge in [-0.2, -0.15) is 5.10 Å². The van der Waals surface area contributed by atoms with E-state index in [2.05, 4.69) is 48.8 Å². The third-order valence-electron chi connectivity index (χ3n) is 5.37. The summed E-state index contributed by atoms with van der Waals surface area (Å²) in [7, 11) is 0. The lowest BCUT2D eigenvalue weighted by molar-refractivity contribution is 1.10. The lowest BCUT2D eigenvalue weighted by atomic mass is 10.0. The summed E-state index contributed by atoms with van der Waals surface area (Å²) in [6.45, 7) is 5.69.